The number of carbonyl (C=O) groups excluding carboxylic acids is 1. The zero-order valence-corrected chi connectivity index (χ0v) is 16.9. The number of nitrogens with zero attached hydrogens (tertiary/aromatic N) is 4. The molecule has 8 heteroatoms. The van der Waals surface area contributed by atoms with Crippen LogP contribution in [0.5, 0.6) is 0 Å². The fourth-order valence-corrected chi connectivity index (χ4v) is 5.44. The largest absolute Gasteiger partial charge is 0.375 e. The quantitative estimate of drug-likeness (QED) is 0.536. The number of benzene rings is 1. The van der Waals surface area contributed by atoms with Gasteiger partial charge in [0.25, 0.3) is 5.91 Å². The van der Waals surface area contributed by atoms with Gasteiger partial charge >= 0.3 is 0 Å². The number of piperazine rings is 1. The van der Waals surface area contributed by atoms with Gasteiger partial charge in [0.15, 0.2) is 9.84 Å². The van der Waals surface area contributed by atoms with Crippen molar-refractivity contribution in [2.45, 2.75) is 19.0 Å². The van der Waals surface area contributed by atoms with Crippen LogP contribution in [-0.4, -0.2) is 79.8 Å². The van der Waals surface area contributed by atoms with Gasteiger partial charge in [-0.05, 0) is 12.0 Å². The summed E-state index contributed by atoms with van der Waals surface area (Å²) in [5.41, 5.74) is 1.30. The van der Waals surface area contributed by atoms with E-state index in [0.29, 0.717) is 19.5 Å². The van der Waals surface area contributed by atoms with Crippen LogP contribution in [0.2, 0.25) is 0 Å². The van der Waals surface area contributed by atoms with Crippen molar-refractivity contribution in [1.82, 2.24) is 14.7 Å². The van der Waals surface area contributed by atoms with Crippen molar-refractivity contribution in [3.8, 4) is 6.07 Å². The van der Waals surface area contributed by atoms with Crippen LogP contribution < -0.4 is 0 Å². The Kier molecular flexibility index (Phi) is 6.37. The lowest BCUT2D eigenvalue weighted by molar-refractivity contribution is -0.128. The highest BCUT2D eigenvalue weighted by Gasteiger charge is 2.31. The molecule has 1 aromatic rings. The minimum atomic E-state index is -3.01. The Bertz CT molecular complexity index is 868. The first kappa shape index (κ1) is 20.4. The third-order valence-corrected chi connectivity index (χ3v) is 7.13. The SMILES string of the molecule is CN(/C=C(/C#N)C(=O)N1CCN(Cc2ccccc2)CC1)C1CCS(=O)(=O)C1. The minimum Gasteiger partial charge on any atom is -0.375 e. The van der Waals surface area contributed by atoms with Crippen LogP contribution in [0.25, 0.3) is 0 Å². The van der Waals surface area contributed by atoms with Crippen molar-refractivity contribution >= 4 is 15.7 Å². The fraction of sp³-hybridized carbons (Fsp3) is 0.500. The van der Waals surface area contributed by atoms with E-state index in [1.165, 1.54) is 11.8 Å². The average molecular weight is 403 g/mol. The maximum atomic E-state index is 12.7. The van der Waals surface area contributed by atoms with Crippen LogP contribution in [0.4, 0.5) is 0 Å². The molecule has 2 aliphatic rings. The Morgan fingerprint density at radius 3 is 2.50 bits per heavy atom. The van der Waals surface area contributed by atoms with E-state index in [1.54, 1.807) is 16.8 Å². The Balaban J connectivity index is 1.56. The maximum absolute atomic E-state index is 12.7. The fourth-order valence-electron chi connectivity index (χ4n) is 3.66. The van der Waals surface area contributed by atoms with Crippen LogP contribution in [0.1, 0.15) is 12.0 Å². The predicted molar refractivity (Wildman–Crippen MR) is 107 cm³/mol. The van der Waals surface area contributed by atoms with E-state index in [9.17, 15) is 18.5 Å². The molecule has 2 aliphatic heterocycles. The molecule has 150 valence electrons. The number of carbonyl (C=O) groups is 1. The van der Waals surface area contributed by atoms with E-state index in [0.717, 1.165) is 19.6 Å². The van der Waals surface area contributed by atoms with Crippen molar-refractivity contribution in [3.05, 3.63) is 47.7 Å². The third-order valence-electron chi connectivity index (χ3n) is 5.38. The summed E-state index contributed by atoms with van der Waals surface area (Å²) in [5.74, 6) is -0.0466. The van der Waals surface area contributed by atoms with Gasteiger partial charge in [-0.1, -0.05) is 30.3 Å². The van der Waals surface area contributed by atoms with E-state index in [-0.39, 0.29) is 29.0 Å². The van der Waals surface area contributed by atoms with Gasteiger partial charge in [0, 0.05) is 52.0 Å². The first-order valence-electron chi connectivity index (χ1n) is 9.48. The van der Waals surface area contributed by atoms with Gasteiger partial charge in [-0.3, -0.25) is 9.69 Å². The molecule has 1 aromatic carbocycles. The highest BCUT2D eigenvalue weighted by atomic mass is 32.2. The number of amides is 1. The van der Waals surface area contributed by atoms with Crippen molar-refractivity contribution in [2.75, 3.05) is 44.7 Å². The normalized spacial score (nSPS) is 22.6. The molecule has 28 heavy (non-hydrogen) atoms. The monoisotopic (exact) mass is 402 g/mol. The topological polar surface area (TPSA) is 84.7 Å². The Hall–Kier alpha value is -2.37. The number of hydrogen-bond donors (Lipinski definition) is 0. The maximum Gasteiger partial charge on any atom is 0.266 e. The molecule has 2 saturated heterocycles. The number of nitriles is 1. The van der Waals surface area contributed by atoms with E-state index in [4.69, 9.17) is 0 Å². The molecule has 1 amide bonds. The summed E-state index contributed by atoms with van der Waals surface area (Å²) >= 11 is 0. The number of sulfone groups is 1. The molecule has 0 bridgehead atoms. The average Bonchev–Trinajstić information content (AvgIpc) is 3.07. The molecule has 7 nitrogen and oxygen atoms in total. The van der Waals surface area contributed by atoms with Crippen LogP contribution in [-0.2, 0) is 21.2 Å². The highest BCUT2D eigenvalue weighted by molar-refractivity contribution is 7.91. The molecule has 0 aliphatic carbocycles. The third kappa shape index (κ3) is 5.12. The lowest BCUT2D eigenvalue weighted by Gasteiger charge is -2.34. The van der Waals surface area contributed by atoms with Crippen molar-refractivity contribution < 1.29 is 13.2 Å². The van der Waals surface area contributed by atoms with Crippen LogP contribution >= 0.6 is 0 Å². The zero-order valence-electron chi connectivity index (χ0n) is 16.1. The second-order valence-corrected chi connectivity index (χ2v) is 9.66. The lowest BCUT2D eigenvalue weighted by Crippen LogP contribution is -2.48. The predicted octanol–water partition coefficient (Wildman–Crippen LogP) is 0.857. The molecule has 0 saturated carbocycles. The van der Waals surface area contributed by atoms with Crippen molar-refractivity contribution in [3.63, 3.8) is 0 Å². The second-order valence-electron chi connectivity index (χ2n) is 7.43. The molecule has 2 heterocycles. The highest BCUT2D eigenvalue weighted by Crippen LogP contribution is 2.18. The second kappa shape index (κ2) is 8.76. The molecular weight excluding hydrogens is 376 g/mol. The summed E-state index contributed by atoms with van der Waals surface area (Å²) in [7, 11) is -1.28. The summed E-state index contributed by atoms with van der Waals surface area (Å²) in [6.07, 6.45) is 2.03. The molecule has 1 atom stereocenters. The number of rotatable bonds is 5. The van der Waals surface area contributed by atoms with Gasteiger partial charge in [-0.25, -0.2) is 8.42 Å². The Morgan fingerprint density at radius 1 is 1.25 bits per heavy atom. The minimum absolute atomic E-state index is 0.0586. The molecule has 2 fully saturated rings. The first-order valence-corrected chi connectivity index (χ1v) is 11.3. The van der Waals surface area contributed by atoms with Gasteiger partial charge in [0.2, 0.25) is 0 Å². The molecule has 0 N–H and O–H groups in total. The molecular formula is C20H26N4O3S. The Morgan fingerprint density at radius 2 is 1.93 bits per heavy atom. The summed E-state index contributed by atoms with van der Waals surface area (Å²) in [6, 6.07) is 12.0. The lowest BCUT2D eigenvalue weighted by atomic mass is 10.1. The zero-order chi connectivity index (χ0) is 20.1. The van der Waals surface area contributed by atoms with Crippen LogP contribution in [0.15, 0.2) is 42.1 Å². The molecule has 0 aromatic heterocycles. The summed E-state index contributed by atoms with van der Waals surface area (Å²) in [6.45, 7) is 3.52. The van der Waals surface area contributed by atoms with Crippen molar-refractivity contribution in [2.24, 2.45) is 0 Å². The van der Waals surface area contributed by atoms with E-state index >= 15 is 0 Å². The molecule has 3 rings (SSSR count). The Labute approximate surface area is 166 Å². The summed E-state index contributed by atoms with van der Waals surface area (Å²) in [5, 5.41) is 9.45. The van der Waals surface area contributed by atoms with Crippen LogP contribution in [0, 0.1) is 11.3 Å². The van der Waals surface area contributed by atoms with Gasteiger partial charge in [0.1, 0.15) is 11.6 Å². The van der Waals surface area contributed by atoms with Gasteiger partial charge < -0.3 is 9.80 Å². The van der Waals surface area contributed by atoms with Gasteiger partial charge in [-0.2, -0.15) is 5.26 Å². The van der Waals surface area contributed by atoms with E-state index < -0.39 is 9.84 Å². The van der Waals surface area contributed by atoms with E-state index in [1.807, 2.05) is 24.3 Å². The smallest absolute Gasteiger partial charge is 0.266 e. The van der Waals surface area contributed by atoms with Crippen molar-refractivity contribution in [1.29, 1.82) is 5.26 Å². The van der Waals surface area contributed by atoms with Gasteiger partial charge in [-0.15, -0.1) is 0 Å². The van der Waals surface area contributed by atoms with Gasteiger partial charge in [0.05, 0.1) is 11.5 Å². The standard InChI is InChI=1S/C20H26N4O3S/c1-22(19-7-12-28(26,27)16-19)15-18(13-21)20(25)24-10-8-23(9-11-24)14-17-5-3-2-4-6-17/h2-6,15,19H,7-12,14,16H2,1H3/b18-15-. The molecule has 1 unspecified atom stereocenters. The number of hydrogen-bond acceptors (Lipinski definition) is 6. The molecule has 0 radical (unpaired) electrons. The van der Waals surface area contributed by atoms with E-state index in [2.05, 4.69) is 17.0 Å². The first-order chi connectivity index (χ1) is 13.4. The summed E-state index contributed by atoms with van der Waals surface area (Å²) in [4.78, 5) is 18.4. The van der Waals surface area contributed by atoms with Crippen LogP contribution in [0.3, 0.4) is 0 Å². The molecule has 0 spiro atoms. The summed E-state index contributed by atoms with van der Waals surface area (Å²) < 4.78 is 23.3.